The van der Waals surface area contributed by atoms with Gasteiger partial charge in [-0.05, 0) is 39.0 Å². The topological polar surface area (TPSA) is 60.8 Å². The van der Waals surface area contributed by atoms with E-state index in [0.717, 1.165) is 45.1 Å². The van der Waals surface area contributed by atoms with E-state index in [1.165, 1.54) is 6.42 Å². The molecule has 2 unspecified atom stereocenters. The molecule has 0 spiro atoms. The van der Waals surface area contributed by atoms with Gasteiger partial charge in [0.25, 0.3) is 0 Å². The molecule has 0 aromatic rings. The first-order valence-corrected chi connectivity index (χ1v) is 7.70. The number of aliphatic hydroxyl groups excluding tert-OH is 1. The van der Waals surface area contributed by atoms with E-state index in [0.29, 0.717) is 6.42 Å². The van der Waals surface area contributed by atoms with Crippen LogP contribution in [0.25, 0.3) is 0 Å². The maximum Gasteiger partial charge on any atom is 0.225 e. The zero-order valence-corrected chi connectivity index (χ0v) is 12.0. The third-order valence-electron chi connectivity index (χ3n) is 4.58. The highest BCUT2D eigenvalue weighted by molar-refractivity contribution is 5.78. The number of amides is 1. The molecule has 2 fully saturated rings. The molecule has 0 aromatic carbocycles. The highest BCUT2D eigenvalue weighted by Gasteiger charge is 2.36. The first-order valence-electron chi connectivity index (χ1n) is 7.70. The number of carbonyl (C=O) groups is 1. The van der Waals surface area contributed by atoms with Gasteiger partial charge >= 0.3 is 0 Å². The lowest BCUT2D eigenvalue weighted by Gasteiger charge is -2.34. The number of likely N-dealkylation sites (tertiary alicyclic amines) is 1. The molecule has 2 atom stereocenters. The highest BCUT2D eigenvalue weighted by atomic mass is 16.3. The predicted octanol–water partition coefficient (Wildman–Crippen LogP) is 1.83. The van der Waals surface area contributed by atoms with Crippen molar-refractivity contribution in [2.75, 3.05) is 6.54 Å². The average molecular weight is 269 g/mol. The van der Waals surface area contributed by atoms with Crippen LogP contribution < -0.4 is 0 Å². The van der Waals surface area contributed by atoms with Gasteiger partial charge in [-0.15, -0.1) is 0 Å². The number of hydrogen-bond donors (Lipinski definition) is 2. The smallest absolute Gasteiger partial charge is 0.225 e. The molecule has 1 amide bonds. The molecule has 2 aliphatic rings. The normalized spacial score (nSPS) is 28.4. The van der Waals surface area contributed by atoms with Gasteiger partial charge in [0.15, 0.2) is 0 Å². The zero-order valence-electron chi connectivity index (χ0n) is 12.0. The molecule has 1 aliphatic heterocycles. The summed E-state index contributed by atoms with van der Waals surface area (Å²) in [5.74, 6) is 0.0764. The molecule has 1 aliphatic carbocycles. The number of aliphatic hydroxyl groups is 2. The third-order valence-corrected chi connectivity index (χ3v) is 4.58. The summed E-state index contributed by atoms with van der Waals surface area (Å²) in [7, 11) is 0. The summed E-state index contributed by atoms with van der Waals surface area (Å²) in [6, 6.07) is 0.166. The monoisotopic (exact) mass is 269 g/mol. The van der Waals surface area contributed by atoms with E-state index in [4.69, 9.17) is 0 Å². The van der Waals surface area contributed by atoms with E-state index in [2.05, 4.69) is 0 Å². The van der Waals surface area contributed by atoms with Gasteiger partial charge < -0.3 is 15.1 Å². The predicted molar refractivity (Wildman–Crippen MR) is 73.7 cm³/mol. The van der Waals surface area contributed by atoms with Crippen molar-refractivity contribution in [3.05, 3.63) is 0 Å². The van der Waals surface area contributed by atoms with Crippen LogP contribution in [0.2, 0.25) is 0 Å². The van der Waals surface area contributed by atoms with Gasteiger partial charge in [0.05, 0.1) is 18.1 Å². The molecule has 110 valence electrons. The van der Waals surface area contributed by atoms with E-state index in [-0.39, 0.29) is 24.5 Å². The van der Waals surface area contributed by atoms with Crippen molar-refractivity contribution in [1.29, 1.82) is 0 Å². The Morgan fingerprint density at radius 1 is 1.32 bits per heavy atom. The number of hydrogen-bond acceptors (Lipinski definition) is 3. The van der Waals surface area contributed by atoms with Crippen molar-refractivity contribution < 1.29 is 15.0 Å². The van der Waals surface area contributed by atoms with Gasteiger partial charge in [0.2, 0.25) is 5.91 Å². The minimum absolute atomic E-state index is 0.0764. The van der Waals surface area contributed by atoms with Crippen LogP contribution in [-0.4, -0.2) is 45.3 Å². The third kappa shape index (κ3) is 3.93. The van der Waals surface area contributed by atoms with Crippen LogP contribution in [0.15, 0.2) is 0 Å². The first kappa shape index (κ1) is 14.8. The molecule has 19 heavy (non-hydrogen) atoms. The lowest BCUT2D eigenvalue weighted by atomic mass is 9.82. The summed E-state index contributed by atoms with van der Waals surface area (Å²) >= 11 is 0. The Labute approximate surface area is 115 Å². The Bertz CT molecular complexity index is 311. The summed E-state index contributed by atoms with van der Waals surface area (Å²) in [6.45, 7) is 2.56. The van der Waals surface area contributed by atoms with E-state index >= 15 is 0 Å². The van der Waals surface area contributed by atoms with Crippen LogP contribution in [0.5, 0.6) is 0 Å². The fourth-order valence-corrected chi connectivity index (χ4v) is 3.57. The molecular weight excluding hydrogens is 242 g/mol. The minimum Gasteiger partial charge on any atom is -0.393 e. The quantitative estimate of drug-likeness (QED) is 0.818. The maximum absolute atomic E-state index is 12.4. The molecule has 0 radical (unpaired) electrons. The summed E-state index contributed by atoms with van der Waals surface area (Å²) in [5, 5.41) is 20.0. The molecular formula is C15H27NO3. The van der Waals surface area contributed by atoms with Crippen LogP contribution in [0.4, 0.5) is 0 Å². The molecule has 1 saturated carbocycles. The number of rotatable bonds is 4. The molecule has 2 rings (SSSR count). The minimum atomic E-state index is -0.771. The van der Waals surface area contributed by atoms with Gasteiger partial charge in [-0.3, -0.25) is 4.79 Å². The molecule has 0 bridgehead atoms. The Morgan fingerprint density at radius 3 is 2.63 bits per heavy atom. The van der Waals surface area contributed by atoms with Gasteiger partial charge in [-0.1, -0.05) is 19.3 Å². The summed E-state index contributed by atoms with van der Waals surface area (Å²) in [4.78, 5) is 14.3. The Balaban J connectivity index is 1.91. The highest BCUT2D eigenvalue weighted by Crippen LogP contribution is 2.32. The summed E-state index contributed by atoms with van der Waals surface area (Å²) in [6.07, 6.45) is 7.30. The molecule has 4 heteroatoms. The van der Waals surface area contributed by atoms with Crippen molar-refractivity contribution in [2.24, 2.45) is 0 Å². The van der Waals surface area contributed by atoms with Crippen molar-refractivity contribution in [3.63, 3.8) is 0 Å². The van der Waals surface area contributed by atoms with Crippen LogP contribution in [0.3, 0.4) is 0 Å². The van der Waals surface area contributed by atoms with Crippen LogP contribution in [0, 0.1) is 0 Å². The fraction of sp³-hybridized carbons (Fsp3) is 0.933. The van der Waals surface area contributed by atoms with Crippen molar-refractivity contribution in [1.82, 2.24) is 4.90 Å². The molecule has 1 heterocycles. The van der Waals surface area contributed by atoms with Gasteiger partial charge in [-0.2, -0.15) is 0 Å². The van der Waals surface area contributed by atoms with Crippen molar-refractivity contribution in [3.8, 4) is 0 Å². The molecule has 2 N–H and O–H groups in total. The molecule has 1 saturated heterocycles. The SMILES string of the molecule is CC(O)CC1CCCN1C(=O)CC1(O)CCCCC1. The van der Waals surface area contributed by atoms with Crippen molar-refractivity contribution in [2.45, 2.75) is 82.5 Å². The zero-order chi connectivity index (χ0) is 13.9. The second kappa shape index (κ2) is 6.23. The summed E-state index contributed by atoms with van der Waals surface area (Å²) in [5.41, 5.74) is -0.771. The first-order chi connectivity index (χ1) is 9.00. The largest absolute Gasteiger partial charge is 0.393 e. The maximum atomic E-state index is 12.4. The van der Waals surface area contributed by atoms with E-state index in [9.17, 15) is 15.0 Å². The Kier molecular flexibility index (Phi) is 4.85. The Morgan fingerprint density at radius 2 is 2.00 bits per heavy atom. The summed E-state index contributed by atoms with van der Waals surface area (Å²) < 4.78 is 0. The molecule has 4 nitrogen and oxygen atoms in total. The van der Waals surface area contributed by atoms with E-state index in [1.54, 1.807) is 6.92 Å². The number of carbonyl (C=O) groups excluding carboxylic acids is 1. The second-order valence-electron chi connectivity index (χ2n) is 6.43. The molecule has 0 aromatic heterocycles. The standard InChI is InChI=1S/C15H27NO3/c1-12(17)10-13-6-5-9-16(13)14(18)11-15(19)7-3-2-4-8-15/h12-13,17,19H,2-11H2,1H3. The van der Waals surface area contributed by atoms with Crippen LogP contribution >= 0.6 is 0 Å². The number of nitrogens with zero attached hydrogens (tertiary/aromatic N) is 1. The lowest BCUT2D eigenvalue weighted by Crippen LogP contribution is -2.43. The van der Waals surface area contributed by atoms with Crippen molar-refractivity contribution >= 4 is 5.91 Å². The average Bonchev–Trinajstić information content (AvgIpc) is 2.76. The van der Waals surface area contributed by atoms with Crippen LogP contribution in [-0.2, 0) is 4.79 Å². The van der Waals surface area contributed by atoms with Gasteiger partial charge in [-0.25, -0.2) is 0 Å². The van der Waals surface area contributed by atoms with E-state index in [1.807, 2.05) is 4.90 Å². The second-order valence-corrected chi connectivity index (χ2v) is 6.43. The van der Waals surface area contributed by atoms with Crippen LogP contribution in [0.1, 0.15) is 64.7 Å². The lowest BCUT2D eigenvalue weighted by molar-refractivity contribution is -0.139. The van der Waals surface area contributed by atoms with Gasteiger partial charge in [0.1, 0.15) is 0 Å². The van der Waals surface area contributed by atoms with E-state index < -0.39 is 5.60 Å². The fourth-order valence-electron chi connectivity index (χ4n) is 3.57. The Hall–Kier alpha value is -0.610. The van der Waals surface area contributed by atoms with Gasteiger partial charge in [0, 0.05) is 12.6 Å².